The summed E-state index contributed by atoms with van der Waals surface area (Å²) in [5.41, 5.74) is 7.53. The van der Waals surface area contributed by atoms with Crippen LogP contribution in [0.1, 0.15) is 16.0 Å². The molecule has 0 radical (unpaired) electrons. The lowest BCUT2D eigenvalue weighted by molar-refractivity contribution is 0.318. The van der Waals surface area contributed by atoms with Crippen LogP contribution in [0.25, 0.3) is 0 Å². The van der Waals surface area contributed by atoms with Gasteiger partial charge in [-0.25, -0.2) is 4.98 Å². The fourth-order valence-corrected chi connectivity index (χ4v) is 3.12. The number of anilines is 1. The summed E-state index contributed by atoms with van der Waals surface area (Å²) < 4.78 is 0. The van der Waals surface area contributed by atoms with E-state index in [9.17, 15) is 0 Å². The first-order chi connectivity index (χ1) is 9.28. The Morgan fingerprint density at radius 1 is 1.42 bits per heavy atom. The third kappa shape index (κ3) is 2.26. The number of nitrogens with zero attached hydrogens (tertiary/aromatic N) is 3. The van der Waals surface area contributed by atoms with E-state index < -0.39 is 0 Å². The molecule has 0 atom stereocenters. The van der Waals surface area contributed by atoms with Gasteiger partial charge in [0.2, 0.25) is 0 Å². The zero-order valence-electron chi connectivity index (χ0n) is 10.3. The monoisotopic (exact) mass is 274 g/mol. The molecule has 3 rings (SSSR count). The molecule has 0 unspecified atom stereocenters. The highest BCUT2D eigenvalue weighted by atomic mass is 32.1. The molecular formula is C13H14N4OS. The summed E-state index contributed by atoms with van der Waals surface area (Å²) in [4.78, 5) is 8.10. The van der Waals surface area contributed by atoms with Gasteiger partial charge in [-0.3, -0.25) is 0 Å². The summed E-state index contributed by atoms with van der Waals surface area (Å²) in [6, 6.07) is 5.90. The minimum absolute atomic E-state index is 0.0813. The molecule has 1 aliphatic rings. The van der Waals surface area contributed by atoms with Crippen molar-refractivity contribution < 1.29 is 5.21 Å². The van der Waals surface area contributed by atoms with E-state index in [1.54, 1.807) is 6.20 Å². The molecule has 0 spiro atoms. The van der Waals surface area contributed by atoms with E-state index in [1.807, 2.05) is 23.5 Å². The molecule has 6 heteroatoms. The van der Waals surface area contributed by atoms with Crippen molar-refractivity contribution in [2.45, 2.75) is 13.0 Å². The van der Waals surface area contributed by atoms with Crippen molar-refractivity contribution in [1.29, 1.82) is 0 Å². The van der Waals surface area contributed by atoms with Crippen LogP contribution in [-0.4, -0.2) is 22.6 Å². The van der Waals surface area contributed by atoms with E-state index >= 15 is 0 Å². The largest absolute Gasteiger partial charge is 0.409 e. The first-order valence-corrected chi connectivity index (χ1v) is 6.90. The number of hydrogen-bond donors (Lipinski definition) is 2. The minimum Gasteiger partial charge on any atom is -0.409 e. The van der Waals surface area contributed by atoms with Crippen LogP contribution < -0.4 is 10.6 Å². The van der Waals surface area contributed by atoms with Crippen LogP contribution in [0.4, 0.5) is 5.82 Å². The van der Waals surface area contributed by atoms with Gasteiger partial charge in [-0.05, 0) is 35.6 Å². The Bertz CT molecular complexity index is 605. The van der Waals surface area contributed by atoms with Crippen LogP contribution in [0.5, 0.6) is 0 Å². The maximum Gasteiger partial charge on any atom is 0.171 e. The number of fused-ring (bicyclic) bond motifs is 1. The lowest BCUT2D eigenvalue weighted by Crippen LogP contribution is -2.30. The van der Waals surface area contributed by atoms with Gasteiger partial charge in [0, 0.05) is 29.7 Å². The number of oxime groups is 1. The topological polar surface area (TPSA) is 74.7 Å². The van der Waals surface area contributed by atoms with E-state index in [0.29, 0.717) is 5.56 Å². The van der Waals surface area contributed by atoms with Gasteiger partial charge in [-0.2, -0.15) is 0 Å². The number of amidine groups is 1. The smallest absolute Gasteiger partial charge is 0.171 e. The van der Waals surface area contributed by atoms with Crippen LogP contribution in [0.2, 0.25) is 0 Å². The van der Waals surface area contributed by atoms with E-state index in [1.165, 1.54) is 10.4 Å². The third-order valence-electron chi connectivity index (χ3n) is 3.28. The third-order valence-corrected chi connectivity index (χ3v) is 4.31. The number of hydrogen-bond acceptors (Lipinski definition) is 5. The second-order valence-corrected chi connectivity index (χ2v) is 5.43. The molecular weight excluding hydrogens is 260 g/mol. The number of pyridine rings is 1. The summed E-state index contributed by atoms with van der Waals surface area (Å²) >= 11 is 1.82. The fraction of sp³-hybridized carbons (Fsp3) is 0.231. The fourth-order valence-electron chi connectivity index (χ4n) is 2.23. The Balaban J connectivity index is 1.81. The van der Waals surface area contributed by atoms with Crippen molar-refractivity contribution in [2.75, 3.05) is 11.4 Å². The van der Waals surface area contributed by atoms with Crippen LogP contribution in [0.15, 0.2) is 34.9 Å². The molecule has 0 saturated carbocycles. The molecule has 0 saturated heterocycles. The maximum atomic E-state index is 8.62. The Labute approximate surface area is 115 Å². The highest BCUT2D eigenvalue weighted by Gasteiger charge is 2.18. The molecule has 2 aromatic heterocycles. The van der Waals surface area contributed by atoms with Crippen LogP contribution in [-0.2, 0) is 13.0 Å². The van der Waals surface area contributed by atoms with E-state index in [2.05, 4.69) is 26.5 Å². The minimum atomic E-state index is 0.0813. The molecule has 3 heterocycles. The van der Waals surface area contributed by atoms with Gasteiger partial charge in [-0.1, -0.05) is 5.16 Å². The van der Waals surface area contributed by atoms with Crippen molar-refractivity contribution in [3.63, 3.8) is 0 Å². The van der Waals surface area contributed by atoms with Crippen LogP contribution >= 0.6 is 11.3 Å². The Kier molecular flexibility index (Phi) is 3.08. The van der Waals surface area contributed by atoms with Gasteiger partial charge in [-0.15, -0.1) is 11.3 Å². The van der Waals surface area contributed by atoms with E-state index in [-0.39, 0.29) is 5.84 Å². The van der Waals surface area contributed by atoms with Crippen LogP contribution in [0.3, 0.4) is 0 Å². The predicted molar refractivity (Wildman–Crippen MR) is 75.8 cm³/mol. The molecule has 0 aliphatic carbocycles. The average molecular weight is 274 g/mol. The van der Waals surface area contributed by atoms with Crippen molar-refractivity contribution >= 4 is 23.0 Å². The summed E-state index contributed by atoms with van der Waals surface area (Å²) in [6.45, 7) is 1.87. The zero-order valence-corrected chi connectivity index (χ0v) is 11.1. The van der Waals surface area contributed by atoms with Gasteiger partial charge < -0.3 is 15.8 Å². The molecule has 0 fully saturated rings. The number of thiophene rings is 1. The summed E-state index contributed by atoms with van der Waals surface area (Å²) in [6.07, 6.45) is 2.70. The Morgan fingerprint density at radius 3 is 3.05 bits per heavy atom. The Hall–Kier alpha value is -2.08. The second-order valence-electron chi connectivity index (χ2n) is 4.43. The van der Waals surface area contributed by atoms with E-state index in [0.717, 1.165) is 25.3 Å². The molecule has 5 nitrogen and oxygen atoms in total. The van der Waals surface area contributed by atoms with Gasteiger partial charge in [0.25, 0.3) is 0 Å². The molecule has 0 bridgehead atoms. The van der Waals surface area contributed by atoms with Gasteiger partial charge in [0.05, 0.1) is 0 Å². The highest BCUT2D eigenvalue weighted by molar-refractivity contribution is 7.10. The Morgan fingerprint density at radius 2 is 2.32 bits per heavy atom. The maximum absolute atomic E-state index is 8.62. The summed E-state index contributed by atoms with van der Waals surface area (Å²) in [7, 11) is 0. The SMILES string of the molecule is N/C(=N\O)c1ccc(N2CCc3sccc3C2)nc1. The quantitative estimate of drug-likeness (QED) is 0.379. The number of aromatic nitrogens is 1. The second kappa shape index (κ2) is 4.89. The molecule has 2 aromatic rings. The molecule has 98 valence electrons. The van der Waals surface area contributed by atoms with Gasteiger partial charge in [0.1, 0.15) is 5.82 Å². The van der Waals surface area contributed by atoms with Crippen LogP contribution in [0, 0.1) is 0 Å². The molecule has 3 N–H and O–H groups in total. The van der Waals surface area contributed by atoms with Gasteiger partial charge >= 0.3 is 0 Å². The lowest BCUT2D eigenvalue weighted by Gasteiger charge is -2.28. The first kappa shape index (κ1) is 12.0. The zero-order chi connectivity index (χ0) is 13.2. The van der Waals surface area contributed by atoms with Crippen molar-refractivity contribution in [1.82, 2.24) is 4.98 Å². The molecule has 0 aromatic carbocycles. The summed E-state index contributed by atoms with van der Waals surface area (Å²) in [5, 5.41) is 13.7. The van der Waals surface area contributed by atoms with Crippen molar-refractivity contribution in [3.05, 3.63) is 45.8 Å². The molecule has 0 amide bonds. The molecule has 19 heavy (non-hydrogen) atoms. The number of nitrogens with two attached hydrogens (primary N) is 1. The highest BCUT2D eigenvalue weighted by Crippen LogP contribution is 2.26. The predicted octanol–water partition coefficient (Wildman–Crippen LogP) is 1.80. The standard InChI is InChI=1S/C13H14N4OS/c14-13(16-18)9-1-2-12(15-7-9)17-5-3-11-10(8-17)4-6-19-11/h1-2,4,6-7,18H,3,5,8H2,(H2,14,16). The average Bonchev–Trinajstić information content (AvgIpc) is 2.94. The number of rotatable bonds is 2. The van der Waals surface area contributed by atoms with Crippen molar-refractivity contribution in [3.8, 4) is 0 Å². The van der Waals surface area contributed by atoms with E-state index in [4.69, 9.17) is 10.9 Å². The van der Waals surface area contributed by atoms with Crippen molar-refractivity contribution in [2.24, 2.45) is 10.9 Å². The molecule has 1 aliphatic heterocycles. The first-order valence-electron chi connectivity index (χ1n) is 6.02. The normalized spacial score (nSPS) is 15.4. The van der Waals surface area contributed by atoms with Gasteiger partial charge in [0.15, 0.2) is 5.84 Å². The summed E-state index contributed by atoms with van der Waals surface area (Å²) in [5.74, 6) is 1.00. The lowest BCUT2D eigenvalue weighted by atomic mass is 10.1.